The Bertz CT molecular complexity index is 778. The Morgan fingerprint density at radius 1 is 1.14 bits per heavy atom. The van der Waals surface area contributed by atoms with E-state index in [1.807, 2.05) is 6.07 Å². The predicted molar refractivity (Wildman–Crippen MR) is 82.2 cm³/mol. The highest BCUT2D eigenvalue weighted by atomic mass is 79.9. The Balaban J connectivity index is 1.95. The van der Waals surface area contributed by atoms with Crippen molar-refractivity contribution in [1.82, 2.24) is 29.7 Å². The van der Waals surface area contributed by atoms with Gasteiger partial charge in [-0.3, -0.25) is 0 Å². The molecule has 0 amide bonds. The number of hydrogen-bond acceptors (Lipinski definition) is 6. The van der Waals surface area contributed by atoms with Gasteiger partial charge in [0.2, 0.25) is 11.2 Å². The molecule has 1 N–H and O–H groups in total. The molecule has 0 unspecified atom stereocenters. The summed E-state index contributed by atoms with van der Waals surface area (Å²) in [5.41, 5.74) is 0.645. The minimum absolute atomic E-state index is 0.0336. The normalized spacial score (nSPS) is 10.6. The molecular weight excluding hydrogens is 381 g/mol. The molecule has 0 atom stereocenters. The van der Waals surface area contributed by atoms with Crippen LogP contribution in [0.5, 0.6) is 0 Å². The summed E-state index contributed by atoms with van der Waals surface area (Å²) in [6.45, 7) is 0. The molecule has 0 radical (unpaired) electrons. The van der Waals surface area contributed by atoms with Crippen LogP contribution in [-0.4, -0.2) is 29.7 Å². The highest BCUT2D eigenvalue weighted by Crippen LogP contribution is 2.27. The summed E-state index contributed by atoms with van der Waals surface area (Å²) in [5, 5.41) is 7.47. The molecule has 0 saturated heterocycles. The number of nitrogens with zero attached hydrogens (tertiary/aromatic N) is 6. The molecule has 0 aliphatic heterocycles. The van der Waals surface area contributed by atoms with Crippen LogP contribution in [0.3, 0.4) is 0 Å². The zero-order chi connectivity index (χ0) is 14.8. The third kappa shape index (κ3) is 3.29. The van der Waals surface area contributed by atoms with E-state index in [1.54, 1.807) is 12.1 Å². The molecule has 3 rings (SSSR count). The van der Waals surface area contributed by atoms with Crippen LogP contribution in [0.15, 0.2) is 35.3 Å². The molecule has 106 valence electrons. The van der Waals surface area contributed by atoms with Crippen molar-refractivity contribution in [2.24, 2.45) is 0 Å². The maximum atomic E-state index is 6.13. The summed E-state index contributed by atoms with van der Waals surface area (Å²) in [6.07, 6.45) is 2.83. The second kappa shape index (κ2) is 5.92. The van der Waals surface area contributed by atoms with E-state index in [-0.39, 0.29) is 17.2 Å². The van der Waals surface area contributed by atoms with E-state index in [0.717, 1.165) is 4.47 Å². The van der Waals surface area contributed by atoms with Gasteiger partial charge < -0.3 is 5.32 Å². The van der Waals surface area contributed by atoms with Crippen molar-refractivity contribution in [2.75, 3.05) is 5.32 Å². The van der Waals surface area contributed by atoms with Gasteiger partial charge in [-0.2, -0.15) is 24.7 Å². The van der Waals surface area contributed by atoms with Gasteiger partial charge in [0.25, 0.3) is 5.95 Å². The van der Waals surface area contributed by atoms with Crippen LogP contribution in [0.4, 0.5) is 11.6 Å². The first kappa shape index (κ1) is 14.2. The molecule has 3 aromatic rings. The lowest BCUT2D eigenvalue weighted by molar-refractivity contribution is 0.796. The molecule has 7 nitrogen and oxygen atoms in total. The monoisotopic (exact) mass is 385 g/mol. The van der Waals surface area contributed by atoms with Gasteiger partial charge in [0.15, 0.2) is 0 Å². The molecule has 0 spiro atoms. The summed E-state index contributed by atoms with van der Waals surface area (Å²) >= 11 is 15.4. The Morgan fingerprint density at radius 2 is 2.00 bits per heavy atom. The summed E-state index contributed by atoms with van der Waals surface area (Å²) in [6, 6.07) is 5.39. The van der Waals surface area contributed by atoms with Gasteiger partial charge in [0.1, 0.15) is 12.7 Å². The van der Waals surface area contributed by atoms with Crippen LogP contribution in [0.25, 0.3) is 5.95 Å². The zero-order valence-corrected chi connectivity index (χ0v) is 13.3. The van der Waals surface area contributed by atoms with Crippen LogP contribution >= 0.6 is 39.1 Å². The molecule has 0 aliphatic carbocycles. The summed E-state index contributed by atoms with van der Waals surface area (Å²) in [7, 11) is 0. The lowest BCUT2D eigenvalue weighted by Crippen LogP contribution is -2.07. The van der Waals surface area contributed by atoms with E-state index in [2.05, 4.69) is 46.3 Å². The predicted octanol–water partition coefficient (Wildman–Crippen LogP) is 3.27. The van der Waals surface area contributed by atoms with Gasteiger partial charge in [-0.1, -0.05) is 27.5 Å². The number of benzene rings is 1. The number of rotatable bonds is 3. The Hall–Kier alpha value is -1.77. The van der Waals surface area contributed by atoms with Crippen molar-refractivity contribution in [2.45, 2.75) is 0 Å². The van der Waals surface area contributed by atoms with E-state index in [4.69, 9.17) is 23.2 Å². The minimum Gasteiger partial charge on any atom is -0.323 e. The number of anilines is 2. The fourth-order valence-electron chi connectivity index (χ4n) is 1.52. The van der Waals surface area contributed by atoms with Crippen molar-refractivity contribution in [3.05, 3.63) is 45.6 Å². The topological polar surface area (TPSA) is 81.4 Å². The minimum atomic E-state index is 0.0336. The van der Waals surface area contributed by atoms with Gasteiger partial charge in [0.05, 0.1) is 10.7 Å². The van der Waals surface area contributed by atoms with Crippen LogP contribution in [-0.2, 0) is 0 Å². The van der Waals surface area contributed by atoms with Crippen molar-refractivity contribution in [1.29, 1.82) is 0 Å². The third-order valence-corrected chi connectivity index (χ3v) is 3.37. The van der Waals surface area contributed by atoms with Crippen LogP contribution < -0.4 is 5.32 Å². The van der Waals surface area contributed by atoms with E-state index in [0.29, 0.717) is 10.7 Å². The summed E-state index contributed by atoms with van der Waals surface area (Å²) < 4.78 is 2.25. The SMILES string of the molecule is Clc1nc(Nc2ccc(Br)cc2Cl)nc(-n2cncn2)n1. The fourth-order valence-corrected chi connectivity index (χ4v) is 2.40. The quantitative estimate of drug-likeness (QED) is 0.743. The maximum Gasteiger partial charge on any atom is 0.258 e. The average molecular weight is 387 g/mol. The van der Waals surface area contributed by atoms with Gasteiger partial charge in [-0.25, -0.2) is 4.98 Å². The standard InChI is InChI=1S/C11H6BrCl2N7/c12-6-1-2-8(7(13)3-6)17-10-18-9(14)19-11(20-10)21-5-15-4-16-21/h1-5H,(H,17,18,19,20). The van der Waals surface area contributed by atoms with E-state index in [1.165, 1.54) is 17.3 Å². The molecule has 0 fully saturated rings. The van der Waals surface area contributed by atoms with E-state index < -0.39 is 0 Å². The fraction of sp³-hybridized carbons (Fsp3) is 0. The van der Waals surface area contributed by atoms with Gasteiger partial charge in [0, 0.05) is 4.47 Å². The molecule has 10 heteroatoms. The van der Waals surface area contributed by atoms with Gasteiger partial charge in [-0.15, -0.1) is 0 Å². The van der Waals surface area contributed by atoms with Crippen LogP contribution in [0, 0.1) is 0 Å². The van der Waals surface area contributed by atoms with Gasteiger partial charge in [-0.05, 0) is 29.8 Å². The highest BCUT2D eigenvalue weighted by molar-refractivity contribution is 9.10. The first-order chi connectivity index (χ1) is 10.1. The second-order valence-corrected chi connectivity index (χ2v) is 5.48. The van der Waals surface area contributed by atoms with Crippen LogP contribution in [0.1, 0.15) is 0 Å². The molecule has 21 heavy (non-hydrogen) atoms. The highest BCUT2D eigenvalue weighted by Gasteiger charge is 2.09. The number of hydrogen-bond donors (Lipinski definition) is 1. The van der Waals surface area contributed by atoms with Crippen molar-refractivity contribution >= 4 is 50.8 Å². The Kier molecular flexibility index (Phi) is 4.00. The second-order valence-electron chi connectivity index (χ2n) is 3.82. The number of nitrogens with one attached hydrogen (secondary N) is 1. The molecular formula is C11H6BrCl2N7. The first-order valence-corrected chi connectivity index (χ1v) is 7.15. The maximum absolute atomic E-state index is 6.13. The van der Waals surface area contributed by atoms with Crippen LogP contribution in [0.2, 0.25) is 10.3 Å². The third-order valence-electron chi connectivity index (χ3n) is 2.40. The smallest absolute Gasteiger partial charge is 0.258 e. The molecule has 2 heterocycles. The lowest BCUT2D eigenvalue weighted by Gasteiger charge is -2.08. The number of halogens is 3. The van der Waals surface area contributed by atoms with Gasteiger partial charge >= 0.3 is 0 Å². The average Bonchev–Trinajstić information content (AvgIpc) is 2.95. The number of aromatic nitrogens is 6. The largest absolute Gasteiger partial charge is 0.323 e. The summed E-state index contributed by atoms with van der Waals surface area (Å²) in [4.78, 5) is 16.0. The molecule has 0 saturated carbocycles. The molecule has 1 aromatic carbocycles. The molecule has 0 bridgehead atoms. The van der Waals surface area contributed by atoms with Crippen molar-refractivity contribution in [3.63, 3.8) is 0 Å². The first-order valence-electron chi connectivity index (χ1n) is 5.60. The van der Waals surface area contributed by atoms with Crippen molar-refractivity contribution in [3.8, 4) is 5.95 Å². The Labute approximate surface area is 137 Å². The Morgan fingerprint density at radius 3 is 2.71 bits per heavy atom. The van der Waals surface area contributed by atoms with Crippen molar-refractivity contribution < 1.29 is 0 Å². The molecule has 2 aromatic heterocycles. The molecule has 0 aliphatic rings. The van der Waals surface area contributed by atoms with E-state index >= 15 is 0 Å². The summed E-state index contributed by atoms with van der Waals surface area (Å²) in [5.74, 6) is 0.507. The van der Waals surface area contributed by atoms with E-state index in [9.17, 15) is 0 Å². The zero-order valence-electron chi connectivity index (χ0n) is 10.2. The lowest BCUT2D eigenvalue weighted by atomic mass is 10.3.